The molecule has 1 aliphatic heterocycles. The standard InChI is InChI=1S/C36H50N2O3S2/c1-35(2)18-19-36(3,4)32-26-29(14-15-31(32)35)33(39)16-11-27-9-12-28(13-10-27)34(40)38-22-24-41-23-21-37-20-7-5-6-8-30-17-25-42-43-30/h9-16,26,30,37H,5-8,17-25H2,1-4H3,(H,38,40)/b16-11+. The van der Waals surface area contributed by atoms with Crippen molar-refractivity contribution in [3.63, 3.8) is 0 Å². The summed E-state index contributed by atoms with van der Waals surface area (Å²) in [5.74, 6) is 1.19. The van der Waals surface area contributed by atoms with Gasteiger partial charge in [-0.05, 0) is 90.4 Å². The largest absolute Gasteiger partial charge is 0.378 e. The van der Waals surface area contributed by atoms with Crippen molar-refractivity contribution in [2.24, 2.45) is 0 Å². The molecular formula is C36H50N2O3S2. The molecule has 2 N–H and O–H groups in total. The third-order valence-corrected chi connectivity index (χ3v) is 11.8. The smallest absolute Gasteiger partial charge is 0.251 e. The van der Waals surface area contributed by atoms with Gasteiger partial charge in [0.2, 0.25) is 0 Å². The number of fused-ring (bicyclic) bond motifs is 1. The van der Waals surface area contributed by atoms with E-state index < -0.39 is 0 Å². The Morgan fingerprint density at radius 1 is 0.884 bits per heavy atom. The van der Waals surface area contributed by atoms with Crippen LogP contribution in [0.2, 0.25) is 0 Å². The Morgan fingerprint density at radius 3 is 2.35 bits per heavy atom. The summed E-state index contributed by atoms with van der Waals surface area (Å²) in [5.41, 5.74) is 5.03. The lowest BCUT2D eigenvalue weighted by Gasteiger charge is -2.42. The first kappa shape index (κ1) is 33.8. The molecule has 234 valence electrons. The highest BCUT2D eigenvalue weighted by atomic mass is 33.1. The predicted molar refractivity (Wildman–Crippen MR) is 184 cm³/mol. The van der Waals surface area contributed by atoms with E-state index in [1.165, 1.54) is 49.0 Å². The van der Waals surface area contributed by atoms with Crippen LogP contribution in [-0.2, 0) is 15.6 Å². The molecule has 2 aliphatic rings. The molecule has 1 unspecified atom stereocenters. The van der Waals surface area contributed by atoms with Crippen molar-refractivity contribution in [1.82, 2.24) is 10.6 Å². The van der Waals surface area contributed by atoms with E-state index in [0.29, 0.717) is 25.3 Å². The van der Waals surface area contributed by atoms with Crippen molar-refractivity contribution in [1.29, 1.82) is 0 Å². The zero-order valence-electron chi connectivity index (χ0n) is 26.5. The van der Waals surface area contributed by atoms with Gasteiger partial charge in [-0.3, -0.25) is 9.59 Å². The van der Waals surface area contributed by atoms with Crippen LogP contribution in [0.15, 0.2) is 48.5 Å². The quantitative estimate of drug-likeness (QED) is 0.0857. The summed E-state index contributed by atoms with van der Waals surface area (Å²) in [6.07, 6.45) is 12.3. The Hall–Kier alpha value is -2.06. The van der Waals surface area contributed by atoms with Crippen molar-refractivity contribution in [3.05, 3.63) is 76.4 Å². The van der Waals surface area contributed by atoms with E-state index in [1.54, 1.807) is 18.2 Å². The molecule has 4 rings (SSSR count). The summed E-state index contributed by atoms with van der Waals surface area (Å²) >= 11 is 0. The minimum Gasteiger partial charge on any atom is -0.378 e. The predicted octanol–water partition coefficient (Wildman–Crippen LogP) is 7.98. The van der Waals surface area contributed by atoms with Gasteiger partial charge in [0.1, 0.15) is 0 Å². The molecule has 0 aromatic heterocycles. The molecule has 1 heterocycles. The fourth-order valence-corrected chi connectivity index (χ4v) is 8.86. The maximum Gasteiger partial charge on any atom is 0.251 e. The van der Waals surface area contributed by atoms with E-state index in [-0.39, 0.29) is 22.5 Å². The molecule has 5 nitrogen and oxygen atoms in total. The van der Waals surface area contributed by atoms with Gasteiger partial charge in [-0.1, -0.05) is 92.5 Å². The molecule has 1 amide bonds. The second kappa shape index (κ2) is 16.3. The van der Waals surface area contributed by atoms with Crippen LogP contribution in [0.4, 0.5) is 0 Å². The van der Waals surface area contributed by atoms with Crippen LogP contribution >= 0.6 is 21.6 Å². The van der Waals surface area contributed by atoms with Gasteiger partial charge in [0.15, 0.2) is 5.78 Å². The Bertz CT molecular complexity index is 1230. The number of ketones is 1. The van der Waals surface area contributed by atoms with Crippen LogP contribution in [0, 0.1) is 0 Å². The third kappa shape index (κ3) is 10.2. The van der Waals surface area contributed by atoms with Crippen molar-refractivity contribution in [2.45, 2.75) is 88.7 Å². The monoisotopic (exact) mass is 622 g/mol. The topological polar surface area (TPSA) is 67.4 Å². The van der Waals surface area contributed by atoms with E-state index in [0.717, 1.165) is 42.3 Å². The van der Waals surface area contributed by atoms with E-state index in [4.69, 9.17) is 4.74 Å². The van der Waals surface area contributed by atoms with Gasteiger partial charge in [0.05, 0.1) is 13.2 Å². The molecule has 1 atom stereocenters. The average Bonchev–Trinajstić information content (AvgIpc) is 3.52. The molecule has 0 bridgehead atoms. The number of ether oxygens (including phenoxy) is 1. The number of amides is 1. The second-order valence-corrected chi connectivity index (χ2v) is 15.9. The summed E-state index contributed by atoms with van der Waals surface area (Å²) in [6.45, 7) is 12.6. The minimum absolute atomic E-state index is 0.00729. The molecule has 0 radical (unpaired) electrons. The lowest BCUT2D eigenvalue weighted by Crippen LogP contribution is -2.34. The lowest BCUT2D eigenvalue weighted by atomic mass is 9.63. The number of unbranched alkanes of at least 4 members (excludes halogenated alkanes) is 2. The van der Waals surface area contributed by atoms with Crippen LogP contribution < -0.4 is 10.6 Å². The number of rotatable bonds is 16. The first-order chi connectivity index (χ1) is 20.7. The molecule has 2 aromatic carbocycles. The van der Waals surface area contributed by atoms with E-state index in [1.807, 2.05) is 35.1 Å². The summed E-state index contributed by atoms with van der Waals surface area (Å²) < 4.78 is 5.65. The highest BCUT2D eigenvalue weighted by molar-refractivity contribution is 8.77. The summed E-state index contributed by atoms with van der Waals surface area (Å²) in [6, 6.07) is 13.5. The highest BCUT2D eigenvalue weighted by Crippen LogP contribution is 2.46. The van der Waals surface area contributed by atoms with Gasteiger partial charge >= 0.3 is 0 Å². The Labute approximate surface area is 267 Å². The SMILES string of the molecule is CC1(C)CCC(C)(C)c2cc(C(=O)/C=C/c3ccc(C(=O)NCCOCCNCCCCCC4CCSS4)cc3)ccc21. The van der Waals surface area contributed by atoms with E-state index in [2.05, 4.69) is 61.3 Å². The molecule has 43 heavy (non-hydrogen) atoms. The Morgan fingerprint density at radius 2 is 1.60 bits per heavy atom. The fraction of sp³-hybridized carbons (Fsp3) is 0.556. The highest BCUT2D eigenvalue weighted by Gasteiger charge is 2.37. The second-order valence-electron chi connectivity index (χ2n) is 13.1. The number of hydrogen-bond acceptors (Lipinski definition) is 6. The van der Waals surface area contributed by atoms with E-state index in [9.17, 15) is 9.59 Å². The first-order valence-electron chi connectivity index (χ1n) is 16.0. The number of carbonyl (C=O) groups is 2. The zero-order chi connectivity index (χ0) is 30.7. The van der Waals surface area contributed by atoms with Crippen LogP contribution in [0.1, 0.15) is 110 Å². The van der Waals surface area contributed by atoms with Gasteiger partial charge in [0, 0.05) is 35.2 Å². The number of allylic oxidation sites excluding steroid dienone is 1. The minimum atomic E-state index is -0.123. The average molecular weight is 623 g/mol. The maximum absolute atomic E-state index is 13.0. The lowest BCUT2D eigenvalue weighted by molar-refractivity contribution is 0.0916. The number of carbonyl (C=O) groups excluding carboxylic acids is 2. The molecule has 0 saturated carbocycles. The maximum atomic E-state index is 13.0. The van der Waals surface area contributed by atoms with Gasteiger partial charge in [-0.25, -0.2) is 0 Å². The van der Waals surface area contributed by atoms with Crippen LogP contribution in [0.5, 0.6) is 0 Å². The Balaban J connectivity index is 1.11. The molecule has 1 aliphatic carbocycles. The van der Waals surface area contributed by atoms with Crippen molar-refractivity contribution in [2.75, 3.05) is 38.6 Å². The number of nitrogens with one attached hydrogen (secondary N) is 2. The summed E-state index contributed by atoms with van der Waals surface area (Å²) in [7, 11) is 4.10. The summed E-state index contributed by atoms with van der Waals surface area (Å²) in [4.78, 5) is 25.5. The van der Waals surface area contributed by atoms with Gasteiger partial charge < -0.3 is 15.4 Å². The number of hydrogen-bond donors (Lipinski definition) is 2. The normalized spacial score (nSPS) is 18.9. The van der Waals surface area contributed by atoms with E-state index >= 15 is 0 Å². The van der Waals surface area contributed by atoms with Crippen molar-refractivity contribution >= 4 is 39.4 Å². The molecule has 7 heteroatoms. The fourth-order valence-electron chi connectivity index (χ4n) is 5.83. The van der Waals surface area contributed by atoms with Crippen molar-refractivity contribution < 1.29 is 14.3 Å². The summed E-state index contributed by atoms with van der Waals surface area (Å²) in [5, 5.41) is 7.24. The van der Waals surface area contributed by atoms with Crippen LogP contribution in [-0.4, -0.2) is 55.5 Å². The Kier molecular flexibility index (Phi) is 12.8. The molecule has 1 fully saturated rings. The van der Waals surface area contributed by atoms with Crippen molar-refractivity contribution in [3.8, 4) is 0 Å². The first-order valence-corrected chi connectivity index (χ1v) is 18.4. The van der Waals surface area contributed by atoms with Crippen LogP contribution in [0.3, 0.4) is 0 Å². The molecule has 0 spiro atoms. The van der Waals surface area contributed by atoms with Gasteiger partial charge in [-0.2, -0.15) is 0 Å². The molecule has 1 saturated heterocycles. The van der Waals surface area contributed by atoms with Gasteiger partial charge in [-0.15, -0.1) is 0 Å². The number of benzene rings is 2. The molecular weight excluding hydrogens is 573 g/mol. The third-order valence-electron chi connectivity index (χ3n) is 8.80. The molecule has 2 aromatic rings. The zero-order valence-corrected chi connectivity index (χ0v) is 28.1. The van der Waals surface area contributed by atoms with Crippen LogP contribution in [0.25, 0.3) is 6.08 Å². The van der Waals surface area contributed by atoms with Gasteiger partial charge in [0.25, 0.3) is 5.91 Å².